The average Bonchev–Trinajstić information content (AvgIpc) is 3.36. The molecule has 0 unspecified atom stereocenters. The zero-order valence-electron chi connectivity index (χ0n) is 16.9. The summed E-state index contributed by atoms with van der Waals surface area (Å²) < 4.78 is 0. The first kappa shape index (κ1) is 22.4. The first-order valence-corrected chi connectivity index (χ1v) is 10.6. The fourth-order valence-electron chi connectivity index (χ4n) is 3.11. The van der Waals surface area contributed by atoms with Gasteiger partial charge < -0.3 is 26.5 Å². The van der Waals surface area contributed by atoms with E-state index in [1.807, 2.05) is 0 Å². The number of rotatable bonds is 10. The summed E-state index contributed by atoms with van der Waals surface area (Å²) in [5.74, 6) is -1.77. The van der Waals surface area contributed by atoms with E-state index in [1.54, 1.807) is 30.6 Å². The lowest BCUT2D eigenvalue weighted by molar-refractivity contribution is 0.0689. The molecule has 164 valence electrons. The molecule has 2 heterocycles. The first-order valence-electron chi connectivity index (χ1n) is 9.72. The number of benzene rings is 1. The number of hydrogen-bond donors (Lipinski definition) is 6. The van der Waals surface area contributed by atoms with E-state index in [2.05, 4.69) is 25.9 Å². The van der Waals surface area contributed by atoms with Crippen LogP contribution in [0, 0.1) is 0 Å². The second kappa shape index (κ2) is 10.2. The number of carbonyl (C=O) groups excluding carboxylic acids is 2. The number of nitrogens with one attached hydrogen (secondary N) is 4. The first-order chi connectivity index (χ1) is 14.9. The molecule has 0 spiro atoms. The lowest BCUT2D eigenvalue weighted by atomic mass is 10.0. The van der Waals surface area contributed by atoms with Gasteiger partial charge in [0, 0.05) is 34.9 Å². The number of hydrogen-bond acceptors (Lipinski definition) is 7. The van der Waals surface area contributed by atoms with Crippen molar-refractivity contribution in [3.05, 3.63) is 46.1 Å². The largest absolute Gasteiger partial charge is 0.477 e. The molecule has 1 aromatic carbocycles. The van der Waals surface area contributed by atoms with Crippen LogP contribution >= 0.6 is 11.3 Å². The summed E-state index contributed by atoms with van der Waals surface area (Å²) in [5, 5.41) is 20.3. The molecule has 7 N–H and O–H groups in total. The Morgan fingerprint density at radius 2 is 2.03 bits per heavy atom. The number of aryl methyl sites for hydroxylation is 1. The van der Waals surface area contributed by atoms with Gasteiger partial charge in [-0.3, -0.25) is 14.9 Å². The number of nitrogens with zero attached hydrogens (tertiary/aromatic N) is 1. The Morgan fingerprint density at radius 1 is 1.23 bits per heavy atom. The number of aromatic nitrogens is 2. The summed E-state index contributed by atoms with van der Waals surface area (Å²) in [6.07, 6.45) is 1.11. The summed E-state index contributed by atoms with van der Waals surface area (Å²) in [6.45, 7) is 1.54. The van der Waals surface area contributed by atoms with Gasteiger partial charge in [0.2, 0.25) is 0 Å². The highest BCUT2D eigenvalue weighted by atomic mass is 32.1. The van der Waals surface area contributed by atoms with Gasteiger partial charge in [-0.1, -0.05) is 0 Å². The Morgan fingerprint density at radius 3 is 2.74 bits per heavy atom. The molecule has 3 rings (SSSR count). The van der Waals surface area contributed by atoms with Crippen LogP contribution in [-0.2, 0) is 6.42 Å². The maximum absolute atomic E-state index is 12.7. The third kappa shape index (κ3) is 5.26. The van der Waals surface area contributed by atoms with Gasteiger partial charge in [-0.15, -0.1) is 11.3 Å². The van der Waals surface area contributed by atoms with Gasteiger partial charge in [0.15, 0.2) is 5.13 Å². The van der Waals surface area contributed by atoms with E-state index in [-0.39, 0.29) is 17.3 Å². The van der Waals surface area contributed by atoms with Gasteiger partial charge in [-0.2, -0.15) is 0 Å². The lowest BCUT2D eigenvalue weighted by Crippen LogP contribution is -2.30. The Balaban J connectivity index is 1.78. The highest BCUT2D eigenvalue weighted by Gasteiger charge is 2.19. The molecule has 0 saturated heterocycles. The maximum Gasteiger partial charge on any atom is 0.352 e. The predicted molar refractivity (Wildman–Crippen MR) is 119 cm³/mol. The van der Waals surface area contributed by atoms with E-state index < -0.39 is 11.9 Å². The molecule has 0 saturated carbocycles. The van der Waals surface area contributed by atoms with Crippen LogP contribution in [0.25, 0.3) is 10.9 Å². The zero-order valence-corrected chi connectivity index (χ0v) is 17.8. The number of nitrogens with two attached hydrogens (primary N) is 1. The number of carboxylic acids is 1. The summed E-state index contributed by atoms with van der Waals surface area (Å²) in [5.41, 5.74) is 7.52. The van der Waals surface area contributed by atoms with Crippen LogP contribution < -0.4 is 21.7 Å². The zero-order chi connectivity index (χ0) is 22.4. The Kier molecular flexibility index (Phi) is 7.34. The number of anilines is 1. The summed E-state index contributed by atoms with van der Waals surface area (Å²) >= 11 is 1.15. The molecule has 2 aromatic heterocycles. The van der Waals surface area contributed by atoms with Crippen LogP contribution in [0.4, 0.5) is 5.13 Å². The molecule has 0 radical (unpaired) electrons. The van der Waals surface area contributed by atoms with Crippen LogP contribution in [-0.4, -0.2) is 59.5 Å². The van der Waals surface area contributed by atoms with E-state index in [0.717, 1.165) is 11.3 Å². The number of amides is 2. The van der Waals surface area contributed by atoms with Gasteiger partial charge in [-0.05, 0) is 50.2 Å². The number of carboxylic acid groups (broad SMARTS) is 1. The van der Waals surface area contributed by atoms with Gasteiger partial charge in [0.1, 0.15) is 11.4 Å². The van der Waals surface area contributed by atoms with Crippen molar-refractivity contribution in [3.8, 4) is 0 Å². The molecule has 3 aromatic rings. The Bertz CT molecular complexity index is 1110. The van der Waals surface area contributed by atoms with Crippen LogP contribution in [0.2, 0.25) is 0 Å². The van der Waals surface area contributed by atoms with Crippen LogP contribution in [0.5, 0.6) is 0 Å². The lowest BCUT2D eigenvalue weighted by Gasteiger charge is -2.04. The average molecular weight is 445 g/mol. The van der Waals surface area contributed by atoms with Crippen molar-refractivity contribution in [2.24, 2.45) is 5.73 Å². The van der Waals surface area contributed by atoms with Gasteiger partial charge in [0.05, 0.1) is 0 Å². The van der Waals surface area contributed by atoms with E-state index >= 15 is 0 Å². The number of likely N-dealkylation sites (N-methyl/N-ethyl adjacent to an activating group) is 1. The van der Waals surface area contributed by atoms with Crippen molar-refractivity contribution in [1.82, 2.24) is 20.6 Å². The van der Waals surface area contributed by atoms with Crippen LogP contribution in [0.15, 0.2) is 23.6 Å². The number of carbonyl (C=O) groups is 3. The molecular weight excluding hydrogens is 420 g/mol. The number of fused-ring (bicyclic) bond motifs is 1. The molecule has 0 aliphatic rings. The summed E-state index contributed by atoms with van der Waals surface area (Å²) in [6, 6.07) is 4.93. The van der Waals surface area contributed by atoms with Crippen molar-refractivity contribution < 1.29 is 19.5 Å². The molecule has 0 aliphatic carbocycles. The highest BCUT2D eigenvalue weighted by molar-refractivity contribution is 7.14. The second-order valence-electron chi connectivity index (χ2n) is 6.79. The quantitative estimate of drug-likeness (QED) is 0.258. The summed E-state index contributed by atoms with van der Waals surface area (Å²) in [7, 11) is 1.79. The van der Waals surface area contributed by atoms with Crippen molar-refractivity contribution in [3.63, 3.8) is 0 Å². The normalized spacial score (nSPS) is 10.9. The topological polar surface area (TPSA) is 162 Å². The van der Waals surface area contributed by atoms with E-state index in [1.165, 1.54) is 0 Å². The molecule has 11 heteroatoms. The van der Waals surface area contributed by atoms with Crippen molar-refractivity contribution in [1.29, 1.82) is 0 Å². The van der Waals surface area contributed by atoms with E-state index in [4.69, 9.17) is 5.73 Å². The Hall–Kier alpha value is -3.28. The minimum absolute atomic E-state index is 0.106. The SMILES string of the molecule is CNCCNC(=O)c1csc(NC(=O)c2ccc3[nH]c(C(=O)O)c(CCCN)c3c2)n1. The van der Waals surface area contributed by atoms with Crippen molar-refractivity contribution in [2.75, 3.05) is 32.0 Å². The molecule has 0 bridgehead atoms. The smallest absolute Gasteiger partial charge is 0.352 e. The minimum atomic E-state index is -1.06. The maximum atomic E-state index is 12.7. The number of aromatic carboxylic acids is 1. The third-order valence-corrected chi connectivity index (χ3v) is 5.39. The van der Waals surface area contributed by atoms with Crippen LogP contribution in [0.3, 0.4) is 0 Å². The highest BCUT2D eigenvalue weighted by Crippen LogP contribution is 2.26. The molecule has 0 aliphatic heterocycles. The van der Waals surface area contributed by atoms with Crippen LogP contribution in [0.1, 0.15) is 43.3 Å². The molecule has 0 atom stereocenters. The number of H-pyrrole nitrogens is 1. The third-order valence-electron chi connectivity index (χ3n) is 4.63. The van der Waals surface area contributed by atoms with Gasteiger partial charge in [-0.25, -0.2) is 9.78 Å². The number of aromatic amines is 1. The summed E-state index contributed by atoms with van der Waals surface area (Å²) in [4.78, 5) is 43.4. The Labute approximate surface area is 182 Å². The predicted octanol–water partition coefficient (Wildman–Crippen LogP) is 1.42. The monoisotopic (exact) mass is 444 g/mol. The molecular formula is C20H24N6O4S. The standard InChI is InChI=1S/C20H24N6O4S/c1-22-7-8-23-18(28)15-10-31-20(25-15)26-17(27)11-4-5-14-13(9-11)12(3-2-6-21)16(24-14)19(29)30/h4-5,9-10,22,24H,2-3,6-8,21H2,1H3,(H,23,28)(H,29,30)(H,25,26,27). The fourth-order valence-corrected chi connectivity index (χ4v) is 3.79. The van der Waals surface area contributed by atoms with Crippen molar-refractivity contribution in [2.45, 2.75) is 12.8 Å². The van der Waals surface area contributed by atoms with Gasteiger partial charge in [0.25, 0.3) is 11.8 Å². The fraction of sp³-hybridized carbons (Fsp3) is 0.300. The number of thiazole rings is 1. The van der Waals surface area contributed by atoms with Gasteiger partial charge >= 0.3 is 5.97 Å². The van der Waals surface area contributed by atoms with E-state index in [0.29, 0.717) is 59.6 Å². The molecule has 0 fully saturated rings. The van der Waals surface area contributed by atoms with Crippen molar-refractivity contribution >= 4 is 45.2 Å². The molecule has 10 nitrogen and oxygen atoms in total. The minimum Gasteiger partial charge on any atom is -0.477 e. The molecule has 2 amide bonds. The molecule has 31 heavy (non-hydrogen) atoms. The second-order valence-corrected chi connectivity index (χ2v) is 7.65. The van der Waals surface area contributed by atoms with E-state index in [9.17, 15) is 19.5 Å².